The molecule has 0 heterocycles. The Morgan fingerprint density at radius 1 is 1.14 bits per heavy atom. The molecule has 0 saturated heterocycles. The lowest BCUT2D eigenvalue weighted by Gasteiger charge is -2.31. The number of hydrogen-bond donors (Lipinski definition) is 1. The zero-order chi connectivity index (χ0) is 16.8. The van der Waals surface area contributed by atoms with Crippen LogP contribution in [0.3, 0.4) is 0 Å². The Kier molecular flexibility index (Phi) is 7.27. The molecule has 1 aromatic carbocycles. The van der Waals surface area contributed by atoms with Crippen LogP contribution in [0.25, 0.3) is 0 Å². The largest absolute Gasteiger partial charge is 0.319 e. The first kappa shape index (κ1) is 19.4. The number of rotatable bonds is 9. The van der Waals surface area contributed by atoms with Crippen LogP contribution < -0.4 is 5.32 Å². The number of Topliss-reactive ketones (excluding diaryl/α,β-unsaturated/α-hetero) is 1. The molecule has 22 heavy (non-hydrogen) atoms. The van der Waals surface area contributed by atoms with Crippen LogP contribution in [0.15, 0.2) is 24.3 Å². The molecule has 0 saturated carbocycles. The van der Waals surface area contributed by atoms with Crippen LogP contribution in [0, 0.1) is 12.3 Å². The van der Waals surface area contributed by atoms with Gasteiger partial charge in [0.2, 0.25) is 0 Å². The average molecular weight is 368 g/mol. The molecule has 2 nitrogen and oxygen atoms in total. The molecule has 1 aromatic rings. The highest BCUT2D eigenvalue weighted by molar-refractivity contribution is 9.09. The third kappa shape index (κ3) is 5.20. The number of halogens is 1. The molecule has 1 rings (SSSR count). The average Bonchev–Trinajstić information content (AvgIpc) is 2.46. The Bertz CT molecular complexity index is 481. The summed E-state index contributed by atoms with van der Waals surface area (Å²) in [7, 11) is 1.99. The summed E-state index contributed by atoms with van der Waals surface area (Å²) in [6, 6.07) is 8.41. The monoisotopic (exact) mass is 367 g/mol. The maximum Gasteiger partial charge on any atom is 0.153 e. The van der Waals surface area contributed by atoms with E-state index in [9.17, 15) is 4.79 Å². The summed E-state index contributed by atoms with van der Waals surface area (Å²) >= 11 is 3.36. The van der Waals surface area contributed by atoms with Gasteiger partial charge in [-0.2, -0.15) is 0 Å². The van der Waals surface area contributed by atoms with E-state index >= 15 is 0 Å². The minimum absolute atomic E-state index is 0.264. The van der Waals surface area contributed by atoms with Gasteiger partial charge in [-0.05, 0) is 51.3 Å². The number of aryl methyl sites for hydroxylation is 1. The van der Waals surface area contributed by atoms with Crippen molar-refractivity contribution in [1.82, 2.24) is 5.32 Å². The Morgan fingerprint density at radius 2 is 1.73 bits per heavy atom. The Balaban J connectivity index is 2.85. The van der Waals surface area contributed by atoms with Gasteiger partial charge < -0.3 is 5.32 Å². The van der Waals surface area contributed by atoms with Gasteiger partial charge in [-0.15, -0.1) is 0 Å². The van der Waals surface area contributed by atoms with E-state index in [1.807, 2.05) is 7.05 Å². The van der Waals surface area contributed by atoms with Gasteiger partial charge in [0.15, 0.2) is 5.78 Å². The molecule has 0 aliphatic carbocycles. The van der Waals surface area contributed by atoms with E-state index in [2.05, 4.69) is 73.2 Å². The molecule has 0 spiro atoms. The lowest BCUT2D eigenvalue weighted by molar-refractivity contribution is -0.121. The molecule has 0 aliphatic rings. The van der Waals surface area contributed by atoms with Gasteiger partial charge in [-0.1, -0.05) is 66.0 Å². The summed E-state index contributed by atoms with van der Waals surface area (Å²) in [4.78, 5) is 12.5. The van der Waals surface area contributed by atoms with Gasteiger partial charge in [0.1, 0.15) is 0 Å². The van der Waals surface area contributed by atoms with Crippen molar-refractivity contribution < 1.29 is 4.79 Å². The molecule has 124 valence electrons. The normalized spacial score (nSPS) is 14.6. The first-order valence-electron chi connectivity index (χ1n) is 8.06. The second kappa shape index (κ2) is 8.26. The summed E-state index contributed by atoms with van der Waals surface area (Å²) in [5.41, 5.74) is 2.23. The minimum Gasteiger partial charge on any atom is -0.319 e. The highest BCUT2D eigenvalue weighted by atomic mass is 79.9. The number of carbonyl (C=O) groups excluding carboxylic acids is 1. The lowest BCUT2D eigenvalue weighted by Crippen LogP contribution is -2.34. The maximum absolute atomic E-state index is 12.5. The first-order valence-corrected chi connectivity index (χ1v) is 9.18. The molecule has 0 radical (unpaired) electrons. The lowest BCUT2D eigenvalue weighted by atomic mass is 9.73. The zero-order valence-corrected chi connectivity index (χ0v) is 16.2. The quantitative estimate of drug-likeness (QED) is 0.644. The second-order valence-electron chi connectivity index (χ2n) is 7.30. The molecule has 0 aliphatic heterocycles. The third-order valence-electron chi connectivity index (χ3n) is 4.61. The predicted molar refractivity (Wildman–Crippen MR) is 98.9 cm³/mol. The fourth-order valence-electron chi connectivity index (χ4n) is 3.00. The number of ketones is 1. The summed E-state index contributed by atoms with van der Waals surface area (Å²) in [6.07, 6.45) is 3.07. The number of hydrogen-bond acceptors (Lipinski definition) is 2. The molecule has 1 unspecified atom stereocenters. The van der Waals surface area contributed by atoms with Crippen molar-refractivity contribution in [2.45, 2.75) is 52.4 Å². The molecular weight excluding hydrogens is 338 g/mol. The van der Waals surface area contributed by atoms with Gasteiger partial charge in [0, 0.05) is 0 Å². The van der Waals surface area contributed by atoms with Crippen molar-refractivity contribution in [3.8, 4) is 0 Å². The van der Waals surface area contributed by atoms with E-state index in [1.54, 1.807) is 0 Å². The van der Waals surface area contributed by atoms with Crippen LogP contribution in [-0.4, -0.2) is 24.7 Å². The van der Waals surface area contributed by atoms with Gasteiger partial charge in [0.05, 0.1) is 10.7 Å². The summed E-state index contributed by atoms with van der Waals surface area (Å²) in [5.74, 6) is 0.266. The van der Waals surface area contributed by atoms with Gasteiger partial charge in [0.25, 0.3) is 0 Å². The second-order valence-corrected chi connectivity index (χ2v) is 7.86. The number of carbonyl (C=O) groups is 1. The first-order chi connectivity index (χ1) is 10.2. The molecule has 0 aromatic heterocycles. The van der Waals surface area contributed by atoms with Crippen molar-refractivity contribution in [1.29, 1.82) is 0 Å². The van der Waals surface area contributed by atoms with Crippen LogP contribution in [0.4, 0.5) is 0 Å². The predicted octanol–water partition coefficient (Wildman–Crippen LogP) is 4.63. The molecule has 3 heteroatoms. The van der Waals surface area contributed by atoms with Crippen molar-refractivity contribution in [3.63, 3.8) is 0 Å². The smallest absolute Gasteiger partial charge is 0.153 e. The van der Waals surface area contributed by atoms with E-state index in [4.69, 9.17) is 0 Å². The highest BCUT2D eigenvalue weighted by Gasteiger charge is 2.34. The highest BCUT2D eigenvalue weighted by Crippen LogP contribution is 2.34. The van der Waals surface area contributed by atoms with Crippen LogP contribution in [0.2, 0.25) is 0 Å². The van der Waals surface area contributed by atoms with Gasteiger partial charge >= 0.3 is 0 Å². The Hall–Kier alpha value is -0.670. The van der Waals surface area contributed by atoms with Crippen molar-refractivity contribution >= 4 is 21.7 Å². The third-order valence-corrected chi connectivity index (χ3v) is 5.12. The number of alkyl halides is 1. The van der Waals surface area contributed by atoms with E-state index < -0.39 is 5.41 Å². The molecule has 0 bridgehead atoms. The van der Waals surface area contributed by atoms with Crippen LogP contribution in [0.1, 0.15) is 51.2 Å². The van der Waals surface area contributed by atoms with Crippen LogP contribution in [0.5, 0.6) is 0 Å². The van der Waals surface area contributed by atoms with Crippen molar-refractivity contribution in [2.75, 3.05) is 18.9 Å². The fraction of sp³-hybridized carbons (Fsp3) is 0.632. The van der Waals surface area contributed by atoms with Crippen LogP contribution in [-0.2, 0) is 10.2 Å². The minimum atomic E-state index is -0.396. The van der Waals surface area contributed by atoms with E-state index in [0.717, 1.165) is 31.4 Å². The Labute approximate surface area is 144 Å². The summed E-state index contributed by atoms with van der Waals surface area (Å²) < 4.78 is 0. The SMILES string of the molecule is CNCC(C)(C)CCCC(C)(C(=O)CBr)c1ccc(C)cc1. The molecular formula is C19H30BrNO. The molecule has 0 fully saturated rings. The van der Waals surface area contributed by atoms with Gasteiger partial charge in [-0.25, -0.2) is 0 Å². The summed E-state index contributed by atoms with van der Waals surface area (Å²) in [5, 5.41) is 3.67. The van der Waals surface area contributed by atoms with Crippen molar-refractivity contribution in [3.05, 3.63) is 35.4 Å². The number of nitrogens with one attached hydrogen (secondary N) is 1. The maximum atomic E-state index is 12.5. The zero-order valence-electron chi connectivity index (χ0n) is 14.6. The van der Waals surface area contributed by atoms with Crippen molar-refractivity contribution in [2.24, 2.45) is 5.41 Å². The molecule has 0 amide bonds. The number of benzene rings is 1. The van der Waals surface area contributed by atoms with E-state index in [-0.39, 0.29) is 11.2 Å². The Morgan fingerprint density at radius 3 is 2.23 bits per heavy atom. The standard InChI is InChI=1S/C19H30BrNO/c1-15-7-9-16(10-8-15)19(4,17(22)13-20)12-6-11-18(2,3)14-21-5/h7-10,21H,6,11-14H2,1-5H3. The fourth-order valence-corrected chi connectivity index (χ4v) is 3.62. The molecule has 1 atom stereocenters. The van der Waals surface area contributed by atoms with E-state index in [0.29, 0.717) is 5.33 Å². The topological polar surface area (TPSA) is 29.1 Å². The van der Waals surface area contributed by atoms with E-state index in [1.165, 1.54) is 5.56 Å². The molecule has 1 N–H and O–H groups in total. The van der Waals surface area contributed by atoms with Gasteiger partial charge in [-0.3, -0.25) is 4.79 Å². The summed E-state index contributed by atoms with van der Waals surface area (Å²) in [6.45, 7) is 9.72. The van der Waals surface area contributed by atoms with Crippen LogP contribution >= 0.6 is 15.9 Å².